The number of ether oxygens (including phenoxy) is 1. The standard InChI is InChI=1S/C16H23N3O/c1-13(2)20-10-9-17-14(3)15-11-18-19(12-15)16-7-5-4-6-8-16/h4-8,11-14,17H,9-10H2,1-3H3. The van der Waals surface area contributed by atoms with E-state index in [1.54, 1.807) is 0 Å². The highest BCUT2D eigenvalue weighted by molar-refractivity contribution is 5.31. The van der Waals surface area contributed by atoms with E-state index in [0.29, 0.717) is 0 Å². The minimum Gasteiger partial charge on any atom is -0.377 e. The van der Waals surface area contributed by atoms with Crippen molar-refractivity contribution in [2.45, 2.75) is 32.9 Å². The van der Waals surface area contributed by atoms with Crippen LogP contribution in [0.4, 0.5) is 0 Å². The molecule has 108 valence electrons. The van der Waals surface area contributed by atoms with E-state index in [9.17, 15) is 0 Å². The van der Waals surface area contributed by atoms with E-state index >= 15 is 0 Å². The molecule has 1 aromatic carbocycles. The van der Waals surface area contributed by atoms with Gasteiger partial charge in [0.05, 0.1) is 24.6 Å². The zero-order valence-corrected chi connectivity index (χ0v) is 12.4. The van der Waals surface area contributed by atoms with Gasteiger partial charge in [0, 0.05) is 24.3 Å². The van der Waals surface area contributed by atoms with E-state index in [2.05, 4.69) is 23.5 Å². The molecule has 0 saturated carbocycles. The van der Waals surface area contributed by atoms with Crippen molar-refractivity contribution in [2.24, 2.45) is 0 Å². The zero-order chi connectivity index (χ0) is 14.4. The molecule has 20 heavy (non-hydrogen) atoms. The van der Waals surface area contributed by atoms with Gasteiger partial charge in [0.1, 0.15) is 0 Å². The maximum Gasteiger partial charge on any atom is 0.0645 e. The number of rotatable bonds is 7. The monoisotopic (exact) mass is 273 g/mol. The van der Waals surface area contributed by atoms with Crippen LogP contribution in [0.15, 0.2) is 42.7 Å². The molecule has 0 saturated heterocycles. The summed E-state index contributed by atoms with van der Waals surface area (Å²) in [6, 6.07) is 10.4. The number of nitrogens with zero attached hydrogens (tertiary/aromatic N) is 2. The Morgan fingerprint density at radius 1 is 1.20 bits per heavy atom. The summed E-state index contributed by atoms with van der Waals surface area (Å²) < 4.78 is 7.42. The molecule has 2 rings (SSSR count). The van der Waals surface area contributed by atoms with Gasteiger partial charge in [0.15, 0.2) is 0 Å². The first-order valence-electron chi connectivity index (χ1n) is 7.12. The molecular formula is C16H23N3O. The van der Waals surface area contributed by atoms with E-state index in [1.807, 2.05) is 55.1 Å². The first kappa shape index (κ1) is 14.8. The van der Waals surface area contributed by atoms with Gasteiger partial charge in [-0.25, -0.2) is 4.68 Å². The highest BCUT2D eigenvalue weighted by Crippen LogP contribution is 2.13. The lowest BCUT2D eigenvalue weighted by Gasteiger charge is -2.13. The fourth-order valence-corrected chi connectivity index (χ4v) is 1.97. The highest BCUT2D eigenvalue weighted by atomic mass is 16.5. The number of hydrogen-bond acceptors (Lipinski definition) is 3. The molecule has 0 bridgehead atoms. The predicted octanol–water partition coefficient (Wildman–Crippen LogP) is 2.95. The van der Waals surface area contributed by atoms with Gasteiger partial charge in [-0.15, -0.1) is 0 Å². The predicted molar refractivity (Wildman–Crippen MR) is 81.1 cm³/mol. The van der Waals surface area contributed by atoms with Crippen LogP contribution >= 0.6 is 0 Å². The largest absolute Gasteiger partial charge is 0.377 e. The minimum atomic E-state index is 0.267. The maximum absolute atomic E-state index is 5.52. The third-order valence-electron chi connectivity index (χ3n) is 3.13. The summed E-state index contributed by atoms with van der Waals surface area (Å²) in [6.07, 6.45) is 4.26. The highest BCUT2D eigenvalue weighted by Gasteiger charge is 2.08. The summed E-state index contributed by atoms with van der Waals surface area (Å²) in [5.74, 6) is 0. The lowest BCUT2D eigenvalue weighted by Crippen LogP contribution is -2.24. The van der Waals surface area contributed by atoms with Gasteiger partial charge in [-0.05, 0) is 32.9 Å². The molecule has 1 unspecified atom stereocenters. The Labute approximate surface area is 120 Å². The lowest BCUT2D eigenvalue weighted by molar-refractivity contribution is 0.0796. The van der Waals surface area contributed by atoms with Crippen molar-refractivity contribution in [2.75, 3.05) is 13.2 Å². The van der Waals surface area contributed by atoms with Crippen LogP contribution in [-0.2, 0) is 4.74 Å². The van der Waals surface area contributed by atoms with Crippen molar-refractivity contribution in [1.82, 2.24) is 15.1 Å². The van der Waals surface area contributed by atoms with Crippen molar-refractivity contribution in [1.29, 1.82) is 0 Å². The van der Waals surface area contributed by atoms with E-state index in [4.69, 9.17) is 4.74 Å². The smallest absolute Gasteiger partial charge is 0.0645 e. The van der Waals surface area contributed by atoms with Crippen LogP contribution < -0.4 is 5.32 Å². The van der Waals surface area contributed by atoms with Gasteiger partial charge in [-0.3, -0.25) is 0 Å². The minimum absolute atomic E-state index is 0.267. The SMILES string of the molecule is CC(C)OCCNC(C)c1cnn(-c2ccccc2)c1. The van der Waals surface area contributed by atoms with Gasteiger partial charge in [0.25, 0.3) is 0 Å². The molecule has 0 fully saturated rings. The molecular weight excluding hydrogens is 250 g/mol. The van der Waals surface area contributed by atoms with Crippen LogP contribution in [0, 0.1) is 0 Å². The molecule has 1 N–H and O–H groups in total. The van der Waals surface area contributed by atoms with Gasteiger partial charge >= 0.3 is 0 Å². The van der Waals surface area contributed by atoms with Crippen molar-refractivity contribution in [3.8, 4) is 5.69 Å². The van der Waals surface area contributed by atoms with Crippen molar-refractivity contribution < 1.29 is 4.74 Å². The Bertz CT molecular complexity index is 507. The van der Waals surface area contributed by atoms with Crippen molar-refractivity contribution >= 4 is 0 Å². The molecule has 2 aromatic rings. The number of benzene rings is 1. The molecule has 1 heterocycles. The Morgan fingerprint density at radius 2 is 1.95 bits per heavy atom. The van der Waals surface area contributed by atoms with Crippen LogP contribution in [0.3, 0.4) is 0 Å². The number of aromatic nitrogens is 2. The van der Waals surface area contributed by atoms with Crippen LogP contribution in [0.5, 0.6) is 0 Å². The molecule has 1 aromatic heterocycles. The number of nitrogens with one attached hydrogen (secondary N) is 1. The molecule has 1 atom stereocenters. The molecule has 0 aliphatic heterocycles. The van der Waals surface area contributed by atoms with Gasteiger partial charge < -0.3 is 10.1 Å². The summed E-state index contributed by atoms with van der Waals surface area (Å²) in [6.45, 7) is 7.81. The van der Waals surface area contributed by atoms with Crippen LogP contribution in [-0.4, -0.2) is 29.0 Å². The summed E-state index contributed by atoms with van der Waals surface area (Å²) >= 11 is 0. The molecule has 0 amide bonds. The van der Waals surface area contributed by atoms with Gasteiger partial charge in [-0.2, -0.15) is 5.10 Å². The summed E-state index contributed by atoms with van der Waals surface area (Å²) in [5, 5.41) is 7.85. The molecule has 4 heteroatoms. The number of hydrogen-bond donors (Lipinski definition) is 1. The second-order valence-electron chi connectivity index (χ2n) is 5.15. The first-order chi connectivity index (χ1) is 9.66. The second kappa shape index (κ2) is 7.22. The average Bonchev–Trinajstić information content (AvgIpc) is 2.94. The maximum atomic E-state index is 5.52. The fourth-order valence-electron chi connectivity index (χ4n) is 1.97. The molecule has 0 aliphatic rings. The summed E-state index contributed by atoms with van der Waals surface area (Å²) in [7, 11) is 0. The Morgan fingerprint density at radius 3 is 2.65 bits per heavy atom. The van der Waals surface area contributed by atoms with E-state index in [1.165, 1.54) is 5.56 Å². The lowest BCUT2D eigenvalue weighted by atomic mass is 10.2. The second-order valence-corrected chi connectivity index (χ2v) is 5.15. The van der Waals surface area contributed by atoms with Crippen LogP contribution in [0.25, 0.3) is 5.69 Å². The summed E-state index contributed by atoms with van der Waals surface area (Å²) in [4.78, 5) is 0. The van der Waals surface area contributed by atoms with Gasteiger partial charge in [-0.1, -0.05) is 18.2 Å². The normalized spacial score (nSPS) is 12.8. The van der Waals surface area contributed by atoms with E-state index < -0.39 is 0 Å². The van der Waals surface area contributed by atoms with E-state index in [0.717, 1.165) is 18.8 Å². The quantitative estimate of drug-likeness (QED) is 0.788. The Kier molecular flexibility index (Phi) is 5.32. The Balaban J connectivity index is 1.88. The molecule has 0 spiro atoms. The fraction of sp³-hybridized carbons (Fsp3) is 0.438. The van der Waals surface area contributed by atoms with Crippen LogP contribution in [0.2, 0.25) is 0 Å². The average molecular weight is 273 g/mol. The van der Waals surface area contributed by atoms with Crippen molar-refractivity contribution in [3.63, 3.8) is 0 Å². The topological polar surface area (TPSA) is 39.1 Å². The first-order valence-corrected chi connectivity index (χ1v) is 7.12. The number of para-hydroxylation sites is 1. The van der Waals surface area contributed by atoms with Crippen LogP contribution in [0.1, 0.15) is 32.4 Å². The Hall–Kier alpha value is -1.65. The summed E-state index contributed by atoms with van der Waals surface area (Å²) in [5.41, 5.74) is 2.26. The third kappa shape index (κ3) is 4.18. The molecule has 0 radical (unpaired) electrons. The molecule has 0 aliphatic carbocycles. The van der Waals surface area contributed by atoms with Gasteiger partial charge in [0.2, 0.25) is 0 Å². The third-order valence-corrected chi connectivity index (χ3v) is 3.13. The van der Waals surface area contributed by atoms with Crippen molar-refractivity contribution in [3.05, 3.63) is 48.3 Å². The van der Waals surface area contributed by atoms with E-state index in [-0.39, 0.29) is 12.1 Å². The zero-order valence-electron chi connectivity index (χ0n) is 12.4. The molecule has 4 nitrogen and oxygen atoms in total.